The van der Waals surface area contributed by atoms with Crippen LogP contribution in [0.3, 0.4) is 0 Å². The predicted octanol–water partition coefficient (Wildman–Crippen LogP) is 1.38. The lowest BCUT2D eigenvalue weighted by molar-refractivity contribution is -0.385. The second-order valence-electron chi connectivity index (χ2n) is 2.90. The highest BCUT2D eigenvalue weighted by Crippen LogP contribution is 2.28. The topological polar surface area (TPSA) is 104 Å². The molecule has 0 aliphatic rings. The fourth-order valence-electron chi connectivity index (χ4n) is 1.21. The first-order valence-corrected chi connectivity index (χ1v) is 4.53. The molecule has 0 saturated carbocycles. The van der Waals surface area contributed by atoms with Crippen molar-refractivity contribution in [2.75, 3.05) is 0 Å². The number of nitrogens with zero attached hydrogens (tertiary/aromatic N) is 2. The minimum absolute atomic E-state index is 0.0408. The highest BCUT2D eigenvalue weighted by atomic mass is 32.1. The molecule has 1 aromatic carbocycles. The van der Waals surface area contributed by atoms with E-state index in [9.17, 15) is 14.9 Å². The third-order valence-corrected chi connectivity index (χ3v) is 2.41. The van der Waals surface area contributed by atoms with Crippen LogP contribution < -0.4 is 0 Å². The summed E-state index contributed by atoms with van der Waals surface area (Å²) in [5, 5.41) is 28.0. The van der Waals surface area contributed by atoms with Gasteiger partial charge in [-0.2, -0.15) is 5.26 Å². The zero-order valence-corrected chi connectivity index (χ0v) is 8.77. The number of nitro groups is 1. The Bertz CT molecular complexity index is 507. The lowest BCUT2D eigenvalue weighted by Gasteiger charge is -2.04. The molecule has 0 heterocycles. The highest BCUT2D eigenvalue weighted by Gasteiger charge is 2.20. The van der Waals surface area contributed by atoms with E-state index in [1.54, 1.807) is 6.07 Å². The Morgan fingerprint density at radius 3 is 2.69 bits per heavy atom. The molecule has 1 rings (SSSR count). The van der Waals surface area contributed by atoms with E-state index in [4.69, 9.17) is 10.4 Å². The Labute approximate surface area is 95.7 Å². The van der Waals surface area contributed by atoms with Gasteiger partial charge in [-0.1, -0.05) is 0 Å². The van der Waals surface area contributed by atoms with Crippen LogP contribution in [0.15, 0.2) is 17.0 Å². The number of nitriles is 1. The van der Waals surface area contributed by atoms with E-state index in [2.05, 4.69) is 12.6 Å². The van der Waals surface area contributed by atoms with Gasteiger partial charge in [-0.3, -0.25) is 14.9 Å². The molecule has 0 unspecified atom stereocenters. The molecule has 1 aromatic rings. The van der Waals surface area contributed by atoms with E-state index in [-0.39, 0.29) is 21.7 Å². The van der Waals surface area contributed by atoms with Gasteiger partial charge in [0, 0.05) is 11.0 Å². The molecule has 0 aliphatic carbocycles. The SMILES string of the molecule is N#Cc1ccc([N+](=O)[O-])c(CC(=O)O)c1S. The van der Waals surface area contributed by atoms with E-state index >= 15 is 0 Å². The van der Waals surface area contributed by atoms with Crippen LogP contribution in [0.1, 0.15) is 11.1 Å². The largest absolute Gasteiger partial charge is 0.481 e. The minimum atomic E-state index is -1.21. The molecule has 1 N–H and O–H groups in total. The average Bonchev–Trinajstić information content (AvgIpc) is 2.19. The number of nitro benzene ring substituents is 1. The van der Waals surface area contributed by atoms with E-state index in [1.807, 2.05) is 0 Å². The van der Waals surface area contributed by atoms with Crippen LogP contribution in [0.25, 0.3) is 0 Å². The number of carbonyl (C=O) groups is 1. The number of benzene rings is 1. The summed E-state index contributed by atoms with van der Waals surface area (Å²) < 4.78 is 0. The maximum Gasteiger partial charge on any atom is 0.308 e. The van der Waals surface area contributed by atoms with E-state index < -0.39 is 17.3 Å². The number of carboxylic acid groups (broad SMARTS) is 1. The number of hydrogen-bond acceptors (Lipinski definition) is 5. The van der Waals surface area contributed by atoms with Crippen molar-refractivity contribution in [1.29, 1.82) is 5.26 Å². The van der Waals surface area contributed by atoms with Crippen molar-refractivity contribution < 1.29 is 14.8 Å². The van der Waals surface area contributed by atoms with Gasteiger partial charge >= 0.3 is 5.97 Å². The number of thiol groups is 1. The molecule has 82 valence electrons. The first-order chi connectivity index (χ1) is 7.47. The van der Waals surface area contributed by atoms with Crippen LogP contribution >= 0.6 is 12.6 Å². The predicted molar refractivity (Wildman–Crippen MR) is 56.4 cm³/mol. The molecule has 0 amide bonds. The van der Waals surface area contributed by atoms with Crippen molar-refractivity contribution in [3.05, 3.63) is 33.4 Å². The zero-order valence-electron chi connectivity index (χ0n) is 7.88. The fourth-order valence-corrected chi connectivity index (χ4v) is 1.53. The van der Waals surface area contributed by atoms with Crippen molar-refractivity contribution >= 4 is 24.3 Å². The molecule has 6 nitrogen and oxygen atoms in total. The number of rotatable bonds is 3. The molecular weight excluding hydrogens is 232 g/mol. The van der Waals surface area contributed by atoms with Crippen LogP contribution in [0, 0.1) is 21.4 Å². The van der Waals surface area contributed by atoms with Crippen LogP contribution in [-0.4, -0.2) is 16.0 Å². The molecule has 7 heteroatoms. The van der Waals surface area contributed by atoms with Gasteiger partial charge in [0.15, 0.2) is 0 Å². The molecule has 0 atom stereocenters. The molecule has 0 radical (unpaired) electrons. The molecule has 0 bridgehead atoms. The standard InChI is InChI=1S/C9H6N2O4S/c10-4-5-1-2-7(11(14)15)6(9(5)16)3-8(12)13/h1-2,16H,3H2,(H,12,13). The molecule has 0 saturated heterocycles. The second kappa shape index (κ2) is 4.63. The van der Waals surface area contributed by atoms with Gasteiger partial charge in [-0.15, -0.1) is 12.6 Å². The third kappa shape index (κ3) is 2.29. The summed E-state index contributed by atoms with van der Waals surface area (Å²) in [6.45, 7) is 0. The van der Waals surface area contributed by atoms with Crippen molar-refractivity contribution in [3.63, 3.8) is 0 Å². The lowest BCUT2D eigenvalue weighted by atomic mass is 10.1. The Morgan fingerprint density at radius 1 is 1.62 bits per heavy atom. The third-order valence-electron chi connectivity index (χ3n) is 1.90. The fraction of sp³-hybridized carbons (Fsp3) is 0.111. The number of carboxylic acids is 1. The van der Waals surface area contributed by atoms with Crippen molar-refractivity contribution in [1.82, 2.24) is 0 Å². The van der Waals surface area contributed by atoms with Crippen molar-refractivity contribution in [3.8, 4) is 6.07 Å². The monoisotopic (exact) mass is 238 g/mol. The summed E-state index contributed by atoms with van der Waals surface area (Å²) in [6, 6.07) is 4.13. The average molecular weight is 238 g/mol. The Morgan fingerprint density at radius 2 is 2.25 bits per heavy atom. The molecule has 0 aliphatic heterocycles. The Kier molecular flexibility index (Phi) is 3.48. The van der Waals surface area contributed by atoms with E-state index in [0.717, 1.165) is 6.07 Å². The van der Waals surface area contributed by atoms with Crippen molar-refractivity contribution in [2.45, 2.75) is 11.3 Å². The van der Waals surface area contributed by atoms with Gasteiger partial charge in [-0.05, 0) is 6.07 Å². The van der Waals surface area contributed by atoms with Gasteiger partial charge in [0.25, 0.3) is 5.69 Å². The van der Waals surface area contributed by atoms with E-state index in [1.165, 1.54) is 6.07 Å². The Hall–Kier alpha value is -2.07. The van der Waals surface area contributed by atoms with Gasteiger partial charge in [-0.25, -0.2) is 0 Å². The van der Waals surface area contributed by atoms with Gasteiger partial charge < -0.3 is 5.11 Å². The van der Waals surface area contributed by atoms with Crippen LogP contribution in [0.2, 0.25) is 0 Å². The Balaban J connectivity index is 3.43. The lowest BCUT2D eigenvalue weighted by Crippen LogP contribution is -2.05. The maximum atomic E-state index is 10.7. The smallest absolute Gasteiger partial charge is 0.308 e. The highest BCUT2D eigenvalue weighted by molar-refractivity contribution is 7.80. The second-order valence-corrected chi connectivity index (χ2v) is 3.35. The molecule has 0 fully saturated rings. The van der Waals surface area contributed by atoms with E-state index in [0.29, 0.717) is 0 Å². The normalized spacial score (nSPS) is 9.50. The molecule has 16 heavy (non-hydrogen) atoms. The molecular formula is C9H6N2O4S. The molecule has 0 spiro atoms. The van der Waals surface area contributed by atoms with Gasteiger partial charge in [0.05, 0.1) is 22.5 Å². The summed E-state index contributed by atoms with van der Waals surface area (Å²) in [5.41, 5.74) is -0.281. The van der Waals surface area contributed by atoms with Gasteiger partial charge in [0.2, 0.25) is 0 Å². The van der Waals surface area contributed by atoms with Crippen LogP contribution in [0.5, 0.6) is 0 Å². The summed E-state index contributed by atoms with van der Waals surface area (Å²) in [5.74, 6) is -1.21. The summed E-state index contributed by atoms with van der Waals surface area (Å²) in [4.78, 5) is 20.6. The zero-order chi connectivity index (χ0) is 12.3. The first kappa shape index (κ1) is 12.0. The number of hydrogen-bond donors (Lipinski definition) is 2. The number of aliphatic carboxylic acids is 1. The van der Waals surface area contributed by atoms with Crippen LogP contribution in [0.4, 0.5) is 5.69 Å². The maximum absolute atomic E-state index is 10.7. The van der Waals surface area contributed by atoms with Crippen molar-refractivity contribution in [2.24, 2.45) is 0 Å². The quantitative estimate of drug-likeness (QED) is 0.470. The summed E-state index contributed by atoms with van der Waals surface area (Å²) in [7, 11) is 0. The summed E-state index contributed by atoms with van der Waals surface area (Å²) in [6.07, 6.45) is -0.537. The summed E-state index contributed by atoms with van der Waals surface area (Å²) >= 11 is 3.94. The molecule has 0 aromatic heterocycles. The van der Waals surface area contributed by atoms with Gasteiger partial charge in [0.1, 0.15) is 6.07 Å². The first-order valence-electron chi connectivity index (χ1n) is 4.08. The minimum Gasteiger partial charge on any atom is -0.481 e. The van der Waals surface area contributed by atoms with Crippen LogP contribution in [-0.2, 0) is 11.2 Å².